The Morgan fingerprint density at radius 3 is 2.58 bits per heavy atom. The molecule has 1 heterocycles. The summed E-state index contributed by atoms with van der Waals surface area (Å²) in [5, 5.41) is 8.76. The maximum absolute atomic E-state index is 12.2. The van der Waals surface area contributed by atoms with Gasteiger partial charge in [-0.25, -0.2) is 0 Å². The minimum absolute atomic E-state index is 0.134. The lowest BCUT2D eigenvalue weighted by molar-refractivity contribution is -0.129. The van der Waals surface area contributed by atoms with E-state index in [1.807, 2.05) is 37.2 Å². The van der Waals surface area contributed by atoms with Gasteiger partial charge in [0, 0.05) is 26.2 Å². The van der Waals surface area contributed by atoms with Gasteiger partial charge in [0.15, 0.2) is 5.16 Å². The van der Waals surface area contributed by atoms with E-state index >= 15 is 0 Å². The highest BCUT2D eigenvalue weighted by Crippen LogP contribution is 2.23. The average Bonchev–Trinajstić information content (AvgIpc) is 2.73. The van der Waals surface area contributed by atoms with Crippen LogP contribution in [0, 0.1) is 6.92 Å². The van der Waals surface area contributed by atoms with Crippen LogP contribution < -0.4 is 5.73 Å². The van der Waals surface area contributed by atoms with Gasteiger partial charge in [0.2, 0.25) is 5.91 Å². The average molecular weight is 285 g/mol. The molecule has 0 saturated carbocycles. The first-order valence-corrected chi connectivity index (χ1v) is 7.48. The molecule has 1 unspecified atom stereocenters. The topological polar surface area (TPSA) is 77.0 Å². The van der Waals surface area contributed by atoms with Crippen LogP contribution in [-0.4, -0.2) is 50.5 Å². The van der Waals surface area contributed by atoms with Crippen molar-refractivity contribution in [1.82, 2.24) is 19.7 Å². The van der Waals surface area contributed by atoms with Crippen LogP contribution in [0.3, 0.4) is 0 Å². The Labute approximate surface area is 118 Å². The SMILES string of the molecule is CCN(CC)C(=O)C(C)Sc1nnc(C)n1CCN. The number of aryl methyl sites for hydroxylation is 1. The van der Waals surface area contributed by atoms with Crippen molar-refractivity contribution in [3.8, 4) is 0 Å². The Morgan fingerprint density at radius 1 is 1.42 bits per heavy atom. The largest absolute Gasteiger partial charge is 0.342 e. The lowest BCUT2D eigenvalue weighted by Crippen LogP contribution is -2.36. The van der Waals surface area contributed by atoms with E-state index in [2.05, 4.69) is 10.2 Å². The molecule has 108 valence electrons. The Kier molecular flexibility index (Phi) is 6.30. The van der Waals surface area contributed by atoms with E-state index < -0.39 is 0 Å². The molecule has 0 saturated heterocycles. The zero-order valence-corrected chi connectivity index (χ0v) is 12.9. The molecule has 2 N–H and O–H groups in total. The van der Waals surface area contributed by atoms with Crippen molar-refractivity contribution in [2.24, 2.45) is 5.73 Å². The summed E-state index contributed by atoms with van der Waals surface area (Å²) in [6.07, 6.45) is 0. The summed E-state index contributed by atoms with van der Waals surface area (Å²) in [5.74, 6) is 0.963. The molecule has 0 bridgehead atoms. The Hall–Kier alpha value is -1.08. The number of carbonyl (C=O) groups excluding carboxylic acids is 1. The highest BCUT2D eigenvalue weighted by molar-refractivity contribution is 8.00. The minimum Gasteiger partial charge on any atom is -0.342 e. The lowest BCUT2D eigenvalue weighted by Gasteiger charge is -2.22. The molecule has 0 fully saturated rings. The van der Waals surface area contributed by atoms with Crippen molar-refractivity contribution in [3.63, 3.8) is 0 Å². The molecule has 0 aliphatic heterocycles. The van der Waals surface area contributed by atoms with Gasteiger partial charge in [-0.1, -0.05) is 11.8 Å². The Bertz CT molecular complexity index is 416. The van der Waals surface area contributed by atoms with Crippen LogP contribution in [0.1, 0.15) is 26.6 Å². The first-order valence-electron chi connectivity index (χ1n) is 6.60. The van der Waals surface area contributed by atoms with Crippen LogP contribution in [0.25, 0.3) is 0 Å². The molecule has 1 amide bonds. The summed E-state index contributed by atoms with van der Waals surface area (Å²) >= 11 is 1.44. The van der Waals surface area contributed by atoms with Crippen molar-refractivity contribution in [2.45, 2.75) is 44.6 Å². The molecule has 1 aromatic heterocycles. The fraction of sp³-hybridized carbons (Fsp3) is 0.750. The zero-order chi connectivity index (χ0) is 14.4. The summed E-state index contributed by atoms with van der Waals surface area (Å²) in [5.41, 5.74) is 5.58. The number of nitrogens with zero attached hydrogens (tertiary/aromatic N) is 4. The van der Waals surface area contributed by atoms with Gasteiger partial charge < -0.3 is 15.2 Å². The summed E-state index contributed by atoms with van der Waals surface area (Å²) < 4.78 is 1.96. The van der Waals surface area contributed by atoms with Gasteiger partial charge in [0.05, 0.1) is 5.25 Å². The van der Waals surface area contributed by atoms with Gasteiger partial charge >= 0.3 is 0 Å². The predicted octanol–water partition coefficient (Wildman–Crippen LogP) is 0.894. The van der Waals surface area contributed by atoms with E-state index in [0.29, 0.717) is 13.1 Å². The van der Waals surface area contributed by atoms with Crippen LogP contribution >= 0.6 is 11.8 Å². The normalized spacial score (nSPS) is 12.5. The highest BCUT2D eigenvalue weighted by atomic mass is 32.2. The number of rotatable bonds is 7. The molecule has 6 nitrogen and oxygen atoms in total. The summed E-state index contributed by atoms with van der Waals surface area (Å²) in [4.78, 5) is 14.0. The van der Waals surface area contributed by atoms with Crippen molar-refractivity contribution < 1.29 is 4.79 Å². The molecular weight excluding hydrogens is 262 g/mol. The van der Waals surface area contributed by atoms with Crippen LogP contribution in [0.15, 0.2) is 5.16 Å². The van der Waals surface area contributed by atoms with E-state index in [9.17, 15) is 4.79 Å². The third-order valence-corrected chi connectivity index (χ3v) is 4.03. The summed E-state index contributed by atoms with van der Waals surface area (Å²) in [7, 11) is 0. The van der Waals surface area contributed by atoms with E-state index in [-0.39, 0.29) is 11.2 Å². The smallest absolute Gasteiger partial charge is 0.235 e. The van der Waals surface area contributed by atoms with Gasteiger partial charge in [-0.05, 0) is 27.7 Å². The van der Waals surface area contributed by atoms with Crippen LogP contribution in [0.4, 0.5) is 0 Å². The van der Waals surface area contributed by atoms with Crippen LogP contribution in [0.2, 0.25) is 0 Å². The molecule has 0 aliphatic rings. The first kappa shape index (κ1) is 16.0. The minimum atomic E-state index is -0.167. The summed E-state index contributed by atoms with van der Waals surface area (Å²) in [6.45, 7) is 10.4. The fourth-order valence-corrected chi connectivity index (χ4v) is 2.84. The third-order valence-electron chi connectivity index (χ3n) is 2.96. The third kappa shape index (κ3) is 3.94. The zero-order valence-electron chi connectivity index (χ0n) is 12.1. The summed E-state index contributed by atoms with van der Waals surface area (Å²) in [6, 6.07) is 0. The number of hydrogen-bond donors (Lipinski definition) is 1. The Morgan fingerprint density at radius 2 is 2.05 bits per heavy atom. The van der Waals surface area contributed by atoms with Crippen molar-refractivity contribution in [3.05, 3.63) is 5.82 Å². The van der Waals surface area contributed by atoms with Crippen molar-refractivity contribution in [2.75, 3.05) is 19.6 Å². The van der Waals surface area contributed by atoms with Gasteiger partial charge in [0.25, 0.3) is 0 Å². The van der Waals surface area contributed by atoms with Gasteiger partial charge in [-0.3, -0.25) is 4.79 Å². The second kappa shape index (κ2) is 7.49. The van der Waals surface area contributed by atoms with E-state index in [4.69, 9.17) is 5.73 Å². The number of thioether (sulfide) groups is 1. The monoisotopic (exact) mass is 285 g/mol. The first-order chi connectivity index (χ1) is 9.04. The molecule has 0 aliphatic carbocycles. The number of nitrogens with two attached hydrogens (primary N) is 1. The number of aromatic nitrogens is 3. The van der Waals surface area contributed by atoms with Crippen molar-refractivity contribution in [1.29, 1.82) is 0 Å². The van der Waals surface area contributed by atoms with E-state index in [0.717, 1.165) is 24.1 Å². The predicted molar refractivity (Wildman–Crippen MR) is 77.1 cm³/mol. The molecule has 1 rings (SSSR count). The van der Waals surface area contributed by atoms with E-state index in [1.54, 1.807) is 0 Å². The van der Waals surface area contributed by atoms with Crippen LogP contribution in [-0.2, 0) is 11.3 Å². The van der Waals surface area contributed by atoms with Gasteiger partial charge in [-0.15, -0.1) is 10.2 Å². The maximum atomic E-state index is 12.2. The fourth-order valence-electron chi connectivity index (χ4n) is 1.84. The molecule has 19 heavy (non-hydrogen) atoms. The molecule has 0 radical (unpaired) electrons. The molecule has 0 spiro atoms. The van der Waals surface area contributed by atoms with Crippen LogP contribution in [0.5, 0.6) is 0 Å². The number of hydrogen-bond acceptors (Lipinski definition) is 5. The lowest BCUT2D eigenvalue weighted by atomic mass is 10.4. The molecule has 7 heteroatoms. The Balaban J connectivity index is 2.76. The number of amides is 1. The van der Waals surface area contributed by atoms with Crippen molar-refractivity contribution >= 4 is 17.7 Å². The quantitative estimate of drug-likeness (QED) is 0.753. The standard InChI is InChI=1S/C12H23N5OS/c1-5-16(6-2)11(18)9(3)19-12-15-14-10(4)17(12)8-7-13/h9H,5-8,13H2,1-4H3. The molecule has 0 aromatic carbocycles. The van der Waals surface area contributed by atoms with Gasteiger partial charge in [0.1, 0.15) is 5.82 Å². The molecule has 1 atom stereocenters. The molecule has 1 aromatic rings. The van der Waals surface area contributed by atoms with Gasteiger partial charge in [-0.2, -0.15) is 0 Å². The van der Waals surface area contributed by atoms with E-state index in [1.165, 1.54) is 11.8 Å². The molecular formula is C12H23N5OS. The maximum Gasteiger partial charge on any atom is 0.235 e. The number of carbonyl (C=O) groups is 1. The second-order valence-electron chi connectivity index (χ2n) is 4.24. The highest BCUT2D eigenvalue weighted by Gasteiger charge is 2.22. The second-order valence-corrected chi connectivity index (χ2v) is 5.55.